The van der Waals surface area contributed by atoms with Gasteiger partial charge in [0.15, 0.2) is 0 Å². The minimum atomic E-state index is -2.22. The fourth-order valence-electron chi connectivity index (χ4n) is 3.58. The average molecular weight is 483 g/mol. The molecule has 0 bridgehead atoms. The van der Waals surface area contributed by atoms with Crippen molar-refractivity contribution in [2.24, 2.45) is 0 Å². The summed E-state index contributed by atoms with van der Waals surface area (Å²) in [6, 6.07) is 0.991. The number of ether oxygens (including phenoxy) is 4. The zero-order valence-corrected chi connectivity index (χ0v) is 22.8. The Balaban J connectivity index is 2.40. The second-order valence-corrected chi connectivity index (χ2v) is 19.1. The lowest BCUT2D eigenvalue weighted by Gasteiger charge is -2.21. The largest absolute Gasteiger partial charge is 0.496 e. The maximum Gasteiger partial charge on any atom is 0.342 e. The summed E-state index contributed by atoms with van der Waals surface area (Å²) in [6.07, 6.45) is 3.74. The van der Waals surface area contributed by atoms with Gasteiger partial charge in [-0.2, -0.15) is 0 Å². The smallest absolute Gasteiger partial charge is 0.342 e. The van der Waals surface area contributed by atoms with Gasteiger partial charge in [-0.1, -0.05) is 32.6 Å². The van der Waals surface area contributed by atoms with E-state index < -0.39 is 15.2 Å². The Morgan fingerprint density at radius 1 is 1.22 bits per heavy atom. The third kappa shape index (κ3) is 7.22. The molecule has 6 nitrogen and oxygen atoms in total. The molecule has 0 saturated heterocycles. The van der Waals surface area contributed by atoms with Crippen LogP contribution in [-0.4, -0.2) is 54.0 Å². The molecule has 0 fully saturated rings. The minimum Gasteiger partial charge on any atom is -0.496 e. The molecular weight excluding hydrogens is 443 g/mol. The van der Waals surface area contributed by atoms with Crippen molar-refractivity contribution in [1.82, 2.24) is 0 Å². The molecule has 1 aromatic rings. The first-order valence-electron chi connectivity index (χ1n) is 11.2. The fourth-order valence-corrected chi connectivity index (χ4v) is 4.82. The van der Waals surface area contributed by atoms with Gasteiger partial charge in [0.25, 0.3) is 0 Å². The van der Waals surface area contributed by atoms with Crippen LogP contribution in [0.2, 0.25) is 25.7 Å². The van der Waals surface area contributed by atoms with Crippen molar-refractivity contribution in [3.8, 4) is 11.5 Å². The van der Waals surface area contributed by atoms with Crippen LogP contribution in [0.4, 0.5) is 0 Å². The summed E-state index contributed by atoms with van der Waals surface area (Å²) in [5.74, 6) is 0.992. The third-order valence-electron chi connectivity index (χ3n) is 5.46. The molecule has 0 aromatic heterocycles. The number of carbonyl (C=O) groups excluding carboxylic acids is 1. The van der Waals surface area contributed by atoms with Gasteiger partial charge in [-0.25, -0.2) is 4.79 Å². The van der Waals surface area contributed by atoms with Crippen LogP contribution in [0.25, 0.3) is 0 Å². The summed E-state index contributed by atoms with van der Waals surface area (Å²) in [5.41, 5.74) is 4.27. The van der Waals surface area contributed by atoms with Gasteiger partial charge in [-0.15, -0.1) is 0 Å². The Kier molecular flexibility index (Phi) is 9.21. The summed E-state index contributed by atoms with van der Waals surface area (Å²) in [7, 11) is -1.87. The van der Waals surface area contributed by atoms with E-state index in [0.717, 1.165) is 40.5 Å². The van der Waals surface area contributed by atoms with E-state index in [1.807, 2.05) is 6.92 Å². The van der Waals surface area contributed by atoms with E-state index in [1.54, 1.807) is 20.4 Å². The van der Waals surface area contributed by atoms with Crippen LogP contribution in [0.3, 0.4) is 0 Å². The minimum absolute atomic E-state index is 0.249. The monoisotopic (exact) mass is 482 g/mol. The first kappa shape index (κ1) is 26.7. The molecular formula is C24H39O6PSi. The van der Waals surface area contributed by atoms with Gasteiger partial charge in [0.1, 0.15) is 30.8 Å². The molecule has 1 aliphatic heterocycles. The standard InChI is InChI=1S/C24H39O6PSi/c1-9-18(14-28-16-31(4,5)26)10-11-19-22(27-3)17(2)20-15-30-24(25)21(20)23(19)29-12-13-32(6,7)8/h10H,9,11-16H2,1-8H3/b18-10+. The number of methoxy groups -OCH3 is 1. The van der Waals surface area contributed by atoms with E-state index in [9.17, 15) is 9.36 Å². The van der Waals surface area contributed by atoms with E-state index in [-0.39, 0.29) is 18.9 Å². The fraction of sp³-hybridized carbons (Fsp3) is 0.625. The Hall–Kier alpha value is -1.56. The van der Waals surface area contributed by atoms with Crippen molar-refractivity contribution in [2.75, 3.05) is 40.0 Å². The highest BCUT2D eigenvalue weighted by Crippen LogP contribution is 2.43. The van der Waals surface area contributed by atoms with Crippen molar-refractivity contribution in [3.63, 3.8) is 0 Å². The number of carbonyl (C=O) groups is 1. The van der Waals surface area contributed by atoms with Crippen LogP contribution in [0, 0.1) is 6.92 Å². The molecule has 0 radical (unpaired) electrons. The maximum absolute atomic E-state index is 12.6. The molecule has 1 aromatic carbocycles. The maximum atomic E-state index is 12.6. The molecule has 0 saturated carbocycles. The number of benzene rings is 1. The van der Waals surface area contributed by atoms with Crippen molar-refractivity contribution < 1.29 is 28.3 Å². The molecule has 0 spiro atoms. The molecule has 0 amide bonds. The number of rotatable bonds is 12. The summed E-state index contributed by atoms with van der Waals surface area (Å²) in [6.45, 7) is 15.6. The number of cyclic esters (lactones) is 1. The molecule has 0 N–H and O–H groups in total. The predicted octanol–water partition coefficient (Wildman–Crippen LogP) is 5.87. The van der Waals surface area contributed by atoms with E-state index in [4.69, 9.17) is 18.9 Å². The summed E-state index contributed by atoms with van der Waals surface area (Å²) >= 11 is 0. The van der Waals surface area contributed by atoms with E-state index in [0.29, 0.717) is 30.9 Å². The summed E-state index contributed by atoms with van der Waals surface area (Å²) < 4.78 is 35.0. The Labute approximate surface area is 194 Å². The zero-order chi connectivity index (χ0) is 24.1. The Bertz CT molecular complexity index is 910. The number of hydrogen-bond donors (Lipinski definition) is 0. The Morgan fingerprint density at radius 2 is 1.91 bits per heavy atom. The van der Waals surface area contributed by atoms with Crippen molar-refractivity contribution >= 4 is 21.2 Å². The van der Waals surface area contributed by atoms with Crippen molar-refractivity contribution in [3.05, 3.63) is 33.9 Å². The quantitative estimate of drug-likeness (QED) is 0.161. The average Bonchev–Trinajstić information content (AvgIpc) is 3.06. The van der Waals surface area contributed by atoms with Crippen LogP contribution < -0.4 is 9.47 Å². The van der Waals surface area contributed by atoms with Gasteiger partial charge < -0.3 is 23.5 Å². The number of fused-ring (bicyclic) bond motifs is 1. The zero-order valence-electron chi connectivity index (χ0n) is 20.9. The first-order chi connectivity index (χ1) is 14.9. The number of hydrogen-bond acceptors (Lipinski definition) is 6. The molecule has 32 heavy (non-hydrogen) atoms. The highest BCUT2D eigenvalue weighted by Gasteiger charge is 2.33. The molecule has 2 rings (SSSR count). The van der Waals surface area contributed by atoms with Gasteiger partial charge in [0.05, 0.1) is 26.7 Å². The van der Waals surface area contributed by atoms with Gasteiger partial charge in [0.2, 0.25) is 0 Å². The second-order valence-electron chi connectivity index (χ2n) is 10.0. The topological polar surface area (TPSA) is 71.1 Å². The van der Waals surface area contributed by atoms with Gasteiger partial charge in [-0.3, -0.25) is 0 Å². The SMILES string of the molecule is CC/C(=C\Cc1c(OC)c(C)c2c(c1OCC[Si](C)(C)C)C(=O)OC2)COCP(C)(C)=O. The molecule has 8 heteroatoms. The predicted molar refractivity (Wildman–Crippen MR) is 133 cm³/mol. The van der Waals surface area contributed by atoms with Gasteiger partial charge in [-0.05, 0) is 50.3 Å². The molecule has 0 atom stereocenters. The molecule has 1 aliphatic rings. The van der Waals surface area contributed by atoms with Crippen LogP contribution in [0.5, 0.6) is 11.5 Å². The molecule has 0 unspecified atom stereocenters. The van der Waals surface area contributed by atoms with Crippen molar-refractivity contribution in [2.45, 2.75) is 59.0 Å². The molecule has 0 aliphatic carbocycles. The van der Waals surface area contributed by atoms with Crippen LogP contribution in [0.1, 0.15) is 40.4 Å². The summed E-state index contributed by atoms with van der Waals surface area (Å²) in [4.78, 5) is 12.6. The van der Waals surface area contributed by atoms with Crippen LogP contribution in [-0.2, 0) is 27.1 Å². The van der Waals surface area contributed by atoms with E-state index in [2.05, 4.69) is 32.6 Å². The van der Waals surface area contributed by atoms with Crippen LogP contribution >= 0.6 is 7.14 Å². The molecule has 1 heterocycles. The second kappa shape index (κ2) is 11.0. The lowest BCUT2D eigenvalue weighted by Crippen LogP contribution is -2.23. The van der Waals surface area contributed by atoms with Crippen molar-refractivity contribution in [1.29, 1.82) is 0 Å². The summed E-state index contributed by atoms with van der Waals surface area (Å²) in [5, 5.41) is 0. The Morgan fingerprint density at radius 3 is 2.47 bits per heavy atom. The first-order valence-corrected chi connectivity index (χ1v) is 17.7. The van der Waals surface area contributed by atoms with E-state index >= 15 is 0 Å². The normalized spacial score (nSPS) is 14.4. The number of esters is 1. The number of allylic oxidation sites excluding steroid dienone is 1. The highest BCUT2D eigenvalue weighted by molar-refractivity contribution is 7.62. The molecule has 180 valence electrons. The van der Waals surface area contributed by atoms with Gasteiger partial charge >= 0.3 is 5.97 Å². The van der Waals surface area contributed by atoms with Crippen LogP contribution in [0.15, 0.2) is 11.6 Å². The van der Waals surface area contributed by atoms with E-state index in [1.165, 1.54) is 0 Å². The van der Waals surface area contributed by atoms with Gasteiger partial charge in [0, 0.05) is 19.2 Å². The third-order valence-corrected chi connectivity index (χ3v) is 7.97. The lowest BCUT2D eigenvalue weighted by atomic mass is 9.94. The lowest BCUT2D eigenvalue weighted by molar-refractivity contribution is 0.0532. The highest BCUT2D eigenvalue weighted by atomic mass is 31.2.